The number of carbonyl (C=O) groups is 1. The largest absolute Gasteiger partial charge is 0.355 e. The zero-order valence-corrected chi connectivity index (χ0v) is 8.31. The third-order valence-corrected chi connectivity index (χ3v) is 2.35. The van der Waals surface area contributed by atoms with Gasteiger partial charge in [0.1, 0.15) is 5.52 Å². The van der Waals surface area contributed by atoms with Gasteiger partial charge in [-0.1, -0.05) is 12.1 Å². The zero-order chi connectivity index (χ0) is 12.6. The van der Waals surface area contributed by atoms with E-state index in [0.29, 0.717) is 0 Å². The Morgan fingerprint density at radius 1 is 1.41 bits per heavy atom. The van der Waals surface area contributed by atoms with Gasteiger partial charge in [-0.3, -0.25) is 14.9 Å². The molecule has 0 aliphatic carbocycles. The maximum Gasteiger partial charge on any atom is 0.300 e. The summed E-state index contributed by atoms with van der Waals surface area (Å²) in [4.78, 5) is 23.7. The van der Waals surface area contributed by atoms with Gasteiger partial charge in [0.25, 0.3) is 5.69 Å². The highest BCUT2D eigenvalue weighted by Crippen LogP contribution is 2.27. The number of halogens is 2. The van der Waals surface area contributed by atoms with E-state index < -0.39 is 17.1 Å². The average molecular weight is 240 g/mol. The topological polar surface area (TPSA) is 76.0 Å². The second kappa shape index (κ2) is 3.93. The summed E-state index contributed by atoms with van der Waals surface area (Å²) >= 11 is 0. The van der Waals surface area contributed by atoms with E-state index in [-0.39, 0.29) is 22.2 Å². The average Bonchev–Trinajstić information content (AvgIpc) is 2.70. The predicted molar refractivity (Wildman–Crippen MR) is 55.3 cm³/mol. The molecule has 1 aromatic carbocycles. The minimum Gasteiger partial charge on any atom is -0.355 e. The van der Waals surface area contributed by atoms with Crippen molar-refractivity contribution >= 4 is 22.4 Å². The summed E-state index contributed by atoms with van der Waals surface area (Å²) in [6.07, 6.45) is -2.07. The number of hydrogen-bond donors (Lipinski definition) is 1. The van der Waals surface area contributed by atoms with Crippen molar-refractivity contribution in [3.63, 3.8) is 0 Å². The number of nitro groups is 1. The van der Waals surface area contributed by atoms with Crippen LogP contribution < -0.4 is 0 Å². The molecule has 0 atom stereocenters. The van der Waals surface area contributed by atoms with Gasteiger partial charge in [-0.25, -0.2) is 8.78 Å². The van der Waals surface area contributed by atoms with Crippen LogP contribution in [0.2, 0.25) is 0 Å². The number of Topliss-reactive ketones (excluding diaryl/α,β-unsaturated/α-hetero) is 1. The second-order valence-electron chi connectivity index (χ2n) is 3.32. The van der Waals surface area contributed by atoms with Crippen molar-refractivity contribution in [1.29, 1.82) is 0 Å². The SMILES string of the molecule is O=C(c1c[nH]c2c([N+](=O)[O-])cccc12)C(F)F. The third-order valence-electron chi connectivity index (χ3n) is 2.35. The molecule has 0 amide bonds. The number of aromatic nitrogens is 1. The molecule has 0 spiro atoms. The molecule has 0 aliphatic heterocycles. The summed E-state index contributed by atoms with van der Waals surface area (Å²) < 4.78 is 24.6. The molecule has 7 heteroatoms. The number of aromatic amines is 1. The molecule has 1 aromatic heterocycles. The van der Waals surface area contributed by atoms with Gasteiger partial charge in [-0.2, -0.15) is 0 Å². The van der Waals surface area contributed by atoms with Crippen molar-refractivity contribution < 1.29 is 18.5 Å². The van der Waals surface area contributed by atoms with Gasteiger partial charge in [-0.15, -0.1) is 0 Å². The Balaban J connectivity index is 2.67. The number of fused-ring (bicyclic) bond motifs is 1. The van der Waals surface area contributed by atoms with Crippen molar-refractivity contribution in [1.82, 2.24) is 4.98 Å². The molecule has 0 fully saturated rings. The Kier molecular flexibility index (Phi) is 2.58. The molecule has 17 heavy (non-hydrogen) atoms. The maximum absolute atomic E-state index is 12.3. The molecule has 0 bridgehead atoms. The number of nitrogens with one attached hydrogen (secondary N) is 1. The fourth-order valence-corrected chi connectivity index (χ4v) is 1.61. The standard InChI is InChI=1S/C10H6F2N2O3/c11-10(12)9(15)6-4-13-8-5(6)2-1-3-7(8)14(16)17/h1-4,10,13H. The lowest BCUT2D eigenvalue weighted by molar-refractivity contribution is -0.383. The molecule has 1 heterocycles. The van der Waals surface area contributed by atoms with E-state index in [4.69, 9.17) is 0 Å². The van der Waals surface area contributed by atoms with E-state index in [2.05, 4.69) is 4.98 Å². The summed E-state index contributed by atoms with van der Waals surface area (Å²) in [5, 5.41) is 10.8. The van der Waals surface area contributed by atoms with Crippen LogP contribution in [-0.4, -0.2) is 22.1 Å². The number of para-hydroxylation sites is 1. The quantitative estimate of drug-likeness (QED) is 0.508. The van der Waals surface area contributed by atoms with E-state index in [1.807, 2.05) is 0 Å². The maximum atomic E-state index is 12.3. The molecule has 5 nitrogen and oxygen atoms in total. The van der Waals surface area contributed by atoms with Crippen molar-refractivity contribution in [2.24, 2.45) is 0 Å². The lowest BCUT2D eigenvalue weighted by atomic mass is 10.1. The Labute approximate surface area is 93.2 Å². The summed E-state index contributed by atoms with van der Waals surface area (Å²) in [7, 11) is 0. The highest BCUT2D eigenvalue weighted by Gasteiger charge is 2.23. The predicted octanol–water partition coefficient (Wildman–Crippen LogP) is 2.52. The molecule has 0 aliphatic rings. The number of H-pyrrole nitrogens is 1. The minimum atomic E-state index is -3.13. The molecule has 0 saturated carbocycles. The van der Waals surface area contributed by atoms with Crippen LogP contribution in [0.25, 0.3) is 10.9 Å². The third kappa shape index (κ3) is 1.75. The first-order chi connectivity index (χ1) is 8.02. The lowest BCUT2D eigenvalue weighted by Gasteiger charge is -1.97. The van der Waals surface area contributed by atoms with Crippen molar-refractivity contribution in [3.8, 4) is 0 Å². The van der Waals surface area contributed by atoms with E-state index in [1.54, 1.807) is 0 Å². The van der Waals surface area contributed by atoms with Crippen LogP contribution in [-0.2, 0) is 0 Å². The second-order valence-corrected chi connectivity index (χ2v) is 3.32. The van der Waals surface area contributed by atoms with Crippen LogP contribution in [0.1, 0.15) is 10.4 Å². The molecular formula is C10H6F2N2O3. The molecule has 0 radical (unpaired) electrons. The molecule has 1 N–H and O–H groups in total. The van der Waals surface area contributed by atoms with E-state index in [0.717, 1.165) is 6.20 Å². The molecule has 88 valence electrons. The van der Waals surface area contributed by atoms with E-state index >= 15 is 0 Å². The molecule has 2 aromatic rings. The number of carbonyl (C=O) groups excluding carboxylic acids is 1. The zero-order valence-electron chi connectivity index (χ0n) is 8.31. The van der Waals surface area contributed by atoms with Crippen LogP contribution in [0, 0.1) is 10.1 Å². The van der Waals surface area contributed by atoms with Crippen molar-refractivity contribution in [2.75, 3.05) is 0 Å². The first kappa shape index (κ1) is 11.2. The number of rotatable bonds is 3. The van der Waals surface area contributed by atoms with Gasteiger partial charge in [0, 0.05) is 23.2 Å². The van der Waals surface area contributed by atoms with Crippen LogP contribution in [0.3, 0.4) is 0 Å². The number of nitrogens with zero attached hydrogens (tertiary/aromatic N) is 1. The molecule has 2 rings (SSSR count). The van der Waals surface area contributed by atoms with Crippen LogP contribution in [0.5, 0.6) is 0 Å². The Bertz CT molecular complexity index is 607. The van der Waals surface area contributed by atoms with Gasteiger partial charge < -0.3 is 4.98 Å². The minimum absolute atomic E-state index is 0.0708. The van der Waals surface area contributed by atoms with Crippen molar-refractivity contribution in [2.45, 2.75) is 6.43 Å². The number of non-ortho nitro benzene ring substituents is 1. The number of benzene rings is 1. The smallest absolute Gasteiger partial charge is 0.300 e. The first-order valence-corrected chi connectivity index (χ1v) is 4.59. The van der Waals surface area contributed by atoms with Crippen LogP contribution in [0.4, 0.5) is 14.5 Å². The summed E-state index contributed by atoms with van der Waals surface area (Å²) in [6, 6.07) is 3.96. The van der Waals surface area contributed by atoms with Gasteiger partial charge >= 0.3 is 6.43 Å². The highest BCUT2D eigenvalue weighted by molar-refractivity contribution is 6.10. The summed E-state index contributed by atoms with van der Waals surface area (Å²) in [5.41, 5.74) is -0.420. The van der Waals surface area contributed by atoms with Crippen molar-refractivity contribution in [3.05, 3.63) is 40.1 Å². The summed E-state index contributed by atoms with van der Waals surface area (Å²) in [5.74, 6) is -1.35. The Morgan fingerprint density at radius 2 is 2.12 bits per heavy atom. The monoisotopic (exact) mass is 240 g/mol. The fourth-order valence-electron chi connectivity index (χ4n) is 1.61. The number of ketones is 1. The molecule has 0 unspecified atom stereocenters. The van der Waals surface area contributed by atoms with Gasteiger partial charge in [0.2, 0.25) is 5.78 Å². The van der Waals surface area contributed by atoms with Gasteiger partial charge in [-0.05, 0) is 0 Å². The highest BCUT2D eigenvalue weighted by atomic mass is 19.3. The first-order valence-electron chi connectivity index (χ1n) is 4.59. The molecular weight excluding hydrogens is 234 g/mol. The Morgan fingerprint density at radius 3 is 2.71 bits per heavy atom. The normalized spacial score (nSPS) is 11.0. The van der Waals surface area contributed by atoms with E-state index in [1.165, 1.54) is 18.2 Å². The van der Waals surface area contributed by atoms with Gasteiger partial charge in [0.05, 0.1) is 4.92 Å². The Hall–Kier alpha value is -2.31. The lowest BCUT2D eigenvalue weighted by Crippen LogP contribution is -2.09. The number of nitro benzene ring substituents is 1. The number of hydrogen-bond acceptors (Lipinski definition) is 3. The van der Waals surface area contributed by atoms with Crippen LogP contribution in [0.15, 0.2) is 24.4 Å². The number of alkyl halides is 2. The van der Waals surface area contributed by atoms with E-state index in [9.17, 15) is 23.7 Å². The van der Waals surface area contributed by atoms with Crippen LogP contribution >= 0.6 is 0 Å². The molecule has 0 saturated heterocycles. The summed E-state index contributed by atoms with van der Waals surface area (Å²) in [6.45, 7) is 0. The fraction of sp³-hybridized carbons (Fsp3) is 0.100. The van der Waals surface area contributed by atoms with Gasteiger partial charge in [0.15, 0.2) is 0 Å².